The van der Waals surface area contributed by atoms with Gasteiger partial charge in [0.2, 0.25) is 0 Å². The monoisotopic (exact) mass is 224 g/mol. The highest BCUT2D eigenvalue weighted by Crippen LogP contribution is 2.39. The number of hydrogen-bond donors (Lipinski definition) is 0. The average molecular weight is 224 g/mol. The van der Waals surface area contributed by atoms with E-state index in [1.54, 1.807) is 6.08 Å². The van der Waals surface area contributed by atoms with Gasteiger partial charge >= 0.3 is 0 Å². The summed E-state index contributed by atoms with van der Waals surface area (Å²) in [6.45, 7) is 11.8. The summed E-state index contributed by atoms with van der Waals surface area (Å²) in [5.74, 6) is 0. The highest BCUT2D eigenvalue weighted by molar-refractivity contribution is 6.95. The Morgan fingerprint density at radius 1 is 1.21 bits per heavy atom. The van der Waals surface area contributed by atoms with E-state index in [0.29, 0.717) is 0 Å². The first-order valence-corrected chi connectivity index (χ1v) is 11.5. The molecule has 78 valence electrons. The van der Waals surface area contributed by atoms with Crippen LogP contribution in [0, 0.1) is 11.3 Å². The van der Waals surface area contributed by atoms with Gasteiger partial charge in [-0.3, -0.25) is 0 Å². The standard InChI is InChI=1S/C10H20N2Si2/c1-10(6-7-11)12-13(2,3)8-9-14(12,4)5/h6H,8-9H2,1-5H3/b10-6-. The lowest BCUT2D eigenvalue weighted by atomic mass is 10.5. The van der Waals surface area contributed by atoms with Crippen LogP contribution in [0.1, 0.15) is 6.92 Å². The second-order valence-electron chi connectivity index (χ2n) is 5.38. The number of nitrogens with zero attached hydrogens (tertiary/aromatic N) is 2. The highest BCUT2D eigenvalue weighted by atomic mass is 28.4. The van der Waals surface area contributed by atoms with Crippen molar-refractivity contribution in [3.05, 3.63) is 11.8 Å². The smallest absolute Gasteiger partial charge is 0.141 e. The normalized spacial score (nSPS) is 24.9. The van der Waals surface area contributed by atoms with Crippen molar-refractivity contribution in [3.63, 3.8) is 0 Å². The molecule has 1 aliphatic rings. The fourth-order valence-corrected chi connectivity index (χ4v) is 17.4. The molecule has 0 spiro atoms. The van der Waals surface area contributed by atoms with E-state index in [-0.39, 0.29) is 0 Å². The predicted molar refractivity (Wildman–Crippen MR) is 65.8 cm³/mol. The zero-order chi connectivity index (χ0) is 11.0. The van der Waals surface area contributed by atoms with E-state index in [0.717, 1.165) is 0 Å². The molecular formula is C10H20N2Si2. The van der Waals surface area contributed by atoms with Crippen molar-refractivity contribution in [2.45, 2.75) is 45.2 Å². The molecule has 0 aromatic carbocycles. The molecule has 0 aliphatic carbocycles. The maximum atomic E-state index is 8.72. The van der Waals surface area contributed by atoms with E-state index < -0.39 is 16.5 Å². The number of hydrogen-bond acceptors (Lipinski definition) is 2. The third-order valence-electron chi connectivity index (χ3n) is 3.19. The molecule has 0 amide bonds. The first kappa shape index (κ1) is 11.5. The largest absolute Gasteiger partial charge is 0.427 e. The third-order valence-corrected chi connectivity index (χ3v) is 13.4. The van der Waals surface area contributed by atoms with E-state index in [4.69, 9.17) is 5.26 Å². The maximum Gasteiger partial charge on any atom is 0.141 e. The van der Waals surface area contributed by atoms with Crippen LogP contribution in [0.15, 0.2) is 11.8 Å². The lowest BCUT2D eigenvalue weighted by Crippen LogP contribution is -2.53. The zero-order valence-electron chi connectivity index (χ0n) is 9.89. The van der Waals surface area contributed by atoms with Crippen LogP contribution >= 0.6 is 0 Å². The Morgan fingerprint density at radius 3 is 2.00 bits per heavy atom. The van der Waals surface area contributed by atoms with Gasteiger partial charge in [0, 0.05) is 11.8 Å². The summed E-state index contributed by atoms with van der Waals surface area (Å²) in [4.78, 5) is 0. The summed E-state index contributed by atoms with van der Waals surface area (Å²) in [7, 11) is -2.46. The minimum atomic E-state index is -1.23. The van der Waals surface area contributed by atoms with Crippen molar-refractivity contribution in [2.75, 3.05) is 0 Å². The van der Waals surface area contributed by atoms with Crippen molar-refractivity contribution >= 4 is 16.5 Å². The van der Waals surface area contributed by atoms with Gasteiger partial charge in [0.15, 0.2) is 0 Å². The Balaban J connectivity index is 3.05. The van der Waals surface area contributed by atoms with E-state index in [2.05, 4.69) is 43.4 Å². The molecule has 0 unspecified atom stereocenters. The summed E-state index contributed by atoms with van der Waals surface area (Å²) < 4.78 is 2.66. The molecule has 14 heavy (non-hydrogen) atoms. The quantitative estimate of drug-likeness (QED) is 0.505. The second kappa shape index (κ2) is 3.56. The fraction of sp³-hybridized carbons (Fsp3) is 0.700. The van der Waals surface area contributed by atoms with Crippen molar-refractivity contribution in [3.8, 4) is 6.07 Å². The summed E-state index contributed by atoms with van der Waals surface area (Å²) in [5.41, 5.74) is 1.21. The van der Waals surface area contributed by atoms with Gasteiger partial charge in [-0.1, -0.05) is 26.2 Å². The van der Waals surface area contributed by atoms with Crippen molar-refractivity contribution < 1.29 is 0 Å². The van der Waals surface area contributed by atoms with Crippen molar-refractivity contribution in [2.24, 2.45) is 0 Å². The van der Waals surface area contributed by atoms with Gasteiger partial charge in [-0.15, -0.1) is 0 Å². The van der Waals surface area contributed by atoms with Crippen LogP contribution in [0.3, 0.4) is 0 Å². The first-order valence-electron chi connectivity index (χ1n) is 5.18. The van der Waals surface area contributed by atoms with Crippen LogP contribution in [0.5, 0.6) is 0 Å². The molecule has 1 fully saturated rings. The van der Waals surface area contributed by atoms with Crippen LogP contribution in [0.4, 0.5) is 0 Å². The van der Waals surface area contributed by atoms with Gasteiger partial charge in [0.05, 0.1) is 6.07 Å². The molecule has 0 N–H and O–H groups in total. The molecule has 0 saturated carbocycles. The highest BCUT2D eigenvalue weighted by Gasteiger charge is 2.47. The molecular weight excluding hydrogens is 204 g/mol. The van der Waals surface area contributed by atoms with Crippen LogP contribution in [0.25, 0.3) is 0 Å². The molecule has 4 heteroatoms. The molecule has 0 aromatic heterocycles. The Bertz CT molecular complexity index is 284. The van der Waals surface area contributed by atoms with Crippen molar-refractivity contribution in [1.29, 1.82) is 5.26 Å². The van der Waals surface area contributed by atoms with Gasteiger partial charge in [0.1, 0.15) is 16.5 Å². The van der Waals surface area contributed by atoms with Gasteiger partial charge in [0.25, 0.3) is 0 Å². The number of nitriles is 1. The first-order chi connectivity index (χ1) is 6.31. The van der Waals surface area contributed by atoms with E-state index in [1.807, 2.05) is 0 Å². The molecule has 1 rings (SSSR count). The topological polar surface area (TPSA) is 27.0 Å². The van der Waals surface area contributed by atoms with Crippen LogP contribution in [0.2, 0.25) is 38.3 Å². The molecule has 0 atom stereocenters. The molecule has 0 aromatic rings. The molecule has 0 bridgehead atoms. The lowest BCUT2D eigenvalue weighted by molar-refractivity contribution is 0.773. The van der Waals surface area contributed by atoms with Crippen LogP contribution in [-0.2, 0) is 0 Å². The maximum absolute atomic E-state index is 8.72. The number of rotatable bonds is 1. The van der Waals surface area contributed by atoms with Crippen molar-refractivity contribution in [1.82, 2.24) is 4.23 Å². The Hall–Kier alpha value is -0.536. The summed E-state index contributed by atoms with van der Waals surface area (Å²) in [6, 6.07) is 4.94. The minimum absolute atomic E-state index is 1.21. The minimum Gasteiger partial charge on any atom is -0.427 e. The summed E-state index contributed by atoms with van der Waals surface area (Å²) in [5, 5.41) is 8.72. The Labute approximate surface area is 89.4 Å². The second-order valence-corrected chi connectivity index (χ2v) is 15.0. The van der Waals surface area contributed by atoms with Crippen LogP contribution in [-0.4, -0.2) is 20.7 Å². The van der Waals surface area contributed by atoms with E-state index >= 15 is 0 Å². The van der Waals surface area contributed by atoms with E-state index in [9.17, 15) is 0 Å². The zero-order valence-corrected chi connectivity index (χ0v) is 11.9. The van der Waals surface area contributed by atoms with Gasteiger partial charge in [-0.25, -0.2) is 0 Å². The lowest BCUT2D eigenvalue weighted by Gasteiger charge is -2.41. The predicted octanol–water partition coefficient (Wildman–Crippen LogP) is 3.14. The van der Waals surface area contributed by atoms with Crippen LogP contribution < -0.4 is 0 Å². The van der Waals surface area contributed by atoms with E-state index in [1.165, 1.54) is 17.8 Å². The molecule has 1 aliphatic heterocycles. The molecule has 1 saturated heterocycles. The fourth-order valence-electron chi connectivity index (χ4n) is 2.77. The summed E-state index contributed by atoms with van der Waals surface area (Å²) in [6.07, 6.45) is 1.72. The molecule has 0 radical (unpaired) electrons. The Morgan fingerprint density at radius 2 is 1.64 bits per heavy atom. The Kier molecular flexibility index (Phi) is 2.93. The number of allylic oxidation sites excluding steroid dienone is 2. The van der Waals surface area contributed by atoms with Gasteiger partial charge < -0.3 is 4.23 Å². The summed E-state index contributed by atoms with van der Waals surface area (Å²) >= 11 is 0. The molecule has 1 heterocycles. The van der Waals surface area contributed by atoms with Gasteiger partial charge in [-0.05, 0) is 19.0 Å². The SMILES string of the molecule is C/C(=C/C#N)N1[Si](C)(C)CC[Si]1(C)C. The third kappa shape index (κ3) is 1.94. The molecule has 2 nitrogen and oxygen atoms in total. The average Bonchev–Trinajstić information content (AvgIpc) is 2.21. The van der Waals surface area contributed by atoms with Gasteiger partial charge in [-0.2, -0.15) is 5.26 Å².